The minimum atomic E-state index is -0.846. The molecule has 0 bridgehead atoms. The van der Waals surface area contributed by atoms with Crippen LogP contribution in [-0.4, -0.2) is 16.2 Å². The first-order valence-corrected chi connectivity index (χ1v) is 9.73. The number of hydrogen-bond acceptors (Lipinski definition) is 2. The van der Waals surface area contributed by atoms with Crippen molar-refractivity contribution in [3.63, 3.8) is 0 Å². The highest BCUT2D eigenvalue weighted by molar-refractivity contribution is 6.36. The Morgan fingerprint density at radius 1 is 1.28 bits per heavy atom. The maximum absolute atomic E-state index is 12.0. The summed E-state index contributed by atoms with van der Waals surface area (Å²) < 4.78 is 0. The quantitative estimate of drug-likeness (QED) is 0.686. The number of carbonyl (C=O) groups is 1. The molecule has 0 amide bonds. The second-order valence-corrected chi connectivity index (χ2v) is 9.28. The number of rotatable bonds is 2. The Bertz CT molecular complexity index is 730. The Hall–Kier alpha value is -0.770. The van der Waals surface area contributed by atoms with E-state index in [2.05, 4.69) is 6.92 Å². The van der Waals surface area contributed by atoms with Gasteiger partial charge in [-0.05, 0) is 60.6 Å². The van der Waals surface area contributed by atoms with Crippen molar-refractivity contribution in [2.75, 3.05) is 0 Å². The van der Waals surface area contributed by atoms with Gasteiger partial charge in [0.1, 0.15) is 0 Å². The zero-order valence-electron chi connectivity index (χ0n) is 15.2. The predicted octanol–water partition coefficient (Wildman–Crippen LogP) is 5.70. The summed E-state index contributed by atoms with van der Waals surface area (Å²) >= 11 is 13.2. The van der Waals surface area contributed by atoms with Crippen LogP contribution in [0.1, 0.15) is 82.1 Å². The lowest BCUT2D eigenvalue weighted by atomic mass is 9.49. The van der Waals surface area contributed by atoms with Gasteiger partial charge in [0.25, 0.3) is 0 Å². The molecule has 25 heavy (non-hydrogen) atoms. The highest BCUT2D eigenvalue weighted by atomic mass is 35.5. The van der Waals surface area contributed by atoms with Crippen LogP contribution in [0.5, 0.6) is 0 Å². The second-order valence-electron chi connectivity index (χ2n) is 8.50. The molecular formula is C20H26Cl2O3. The lowest BCUT2D eigenvalue weighted by molar-refractivity contribution is -0.159. The standard InChI is InChI=1S/C20H26Cl2O3/c1-10(2)15-12(21)8-11-16(17(15)22)13(23)9-14-19(11,3)6-5-7-20(14,4)18(24)25/h8,10,13-14,23H,5-7,9H2,1-4H3,(H,24,25)/t13-,14-,19-,20-/m1/s1. The Morgan fingerprint density at radius 3 is 2.48 bits per heavy atom. The van der Waals surface area contributed by atoms with Gasteiger partial charge in [-0.2, -0.15) is 0 Å². The highest BCUT2D eigenvalue weighted by Gasteiger charge is 2.57. The first-order chi connectivity index (χ1) is 11.5. The largest absolute Gasteiger partial charge is 0.481 e. The molecule has 0 saturated heterocycles. The molecule has 2 aliphatic rings. The van der Waals surface area contributed by atoms with E-state index in [0.717, 1.165) is 29.5 Å². The van der Waals surface area contributed by atoms with E-state index in [1.807, 2.05) is 26.8 Å². The molecule has 0 spiro atoms. The van der Waals surface area contributed by atoms with Crippen molar-refractivity contribution in [1.29, 1.82) is 0 Å². The van der Waals surface area contributed by atoms with Gasteiger partial charge < -0.3 is 10.2 Å². The molecule has 1 fully saturated rings. The van der Waals surface area contributed by atoms with Crippen LogP contribution in [0.3, 0.4) is 0 Å². The Balaban J connectivity index is 2.26. The van der Waals surface area contributed by atoms with Gasteiger partial charge >= 0.3 is 5.97 Å². The lowest BCUT2D eigenvalue weighted by Crippen LogP contribution is -2.53. The topological polar surface area (TPSA) is 57.5 Å². The van der Waals surface area contributed by atoms with Crippen molar-refractivity contribution in [1.82, 2.24) is 0 Å². The second kappa shape index (κ2) is 6.14. The number of benzene rings is 1. The Labute approximate surface area is 159 Å². The number of hydrogen-bond donors (Lipinski definition) is 2. The summed E-state index contributed by atoms with van der Waals surface area (Å²) in [6.45, 7) is 7.99. The Kier molecular flexibility index (Phi) is 4.67. The van der Waals surface area contributed by atoms with E-state index in [-0.39, 0.29) is 17.3 Å². The van der Waals surface area contributed by atoms with E-state index < -0.39 is 17.5 Å². The van der Waals surface area contributed by atoms with E-state index in [4.69, 9.17) is 23.2 Å². The van der Waals surface area contributed by atoms with E-state index in [9.17, 15) is 15.0 Å². The van der Waals surface area contributed by atoms with Crippen LogP contribution < -0.4 is 0 Å². The molecule has 0 aromatic heterocycles. The summed E-state index contributed by atoms with van der Waals surface area (Å²) in [7, 11) is 0. The fraction of sp³-hybridized carbons (Fsp3) is 0.650. The molecule has 1 aromatic carbocycles. The fourth-order valence-electron chi connectivity index (χ4n) is 5.29. The van der Waals surface area contributed by atoms with Gasteiger partial charge in [0.15, 0.2) is 0 Å². The van der Waals surface area contributed by atoms with E-state index in [1.165, 1.54) is 0 Å². The smallest absolute Gasteiger partial charge is 0.309 e. The van der Waals surface area contributed by atoms with Gasteiger partial charge in [0.2, 0.25) is 0 Å². The molecule has 4 atom stereocenters. The average Bonchev–Trinajstić information content (AvgIpc) is 2.49. The van der Waals surface area contributed by atoms with Crippen molar-refractivity contribution in [2.45, 2.75) is 70.8 Å². The van der Waals surface area contributed by atoms with Crippen molar-refractivity contribution in [2.24, 2.45) is 11.3 Å². The maximum Gasteiger partial charge on any atom is 0.309 e. The van der Waals surface area contributed by atoms with Gasteiger partial charge in [0, 0.05) is 10.6 Å². The van der Waals surface area contributed by atoms with Gasteiger partial charge in [0.05, 0.1) is 16.5 Å². The van der Waals surface area contributed by atoms with Crippen LogP contribution in [0.25, 0.3) is 0 Å². The van der Waals surface area contributed by atoms with Crippen molar-refractivity contribution >= 4 is 29.2 Å². The number of carboxylic acids is 1. The summed E-state index contributed by atoms with van der Waals surface area (Å²) in [5, 5.41) is 21.9. The summed E-state index contributed by atoms with van der Waals surface area (Å²) in [6.07, 6.45) is 2.02. The average molecular weight is 385 g/mol. The first kappa shape index (κ1) is 19.0. The molecule has 3 nitrogen and oxygen atoms in total. The van der Waals surface area contributed by atoms with Crippen LogP contribution in [-0.2, 0) is 10.2 Å². The third-order valence-corrected chi connectivity index (χ3v) is 7.42. The SMILES string of the molecule is CC(C)c1c(Cl)cc2c(c1Cl)[C@H](O)C[C@H]1[C@](C)(C(=O)O)CCC[C@]21C. The molecule has 0 radical (unpaired) electrons. The zero-order valence-corrected chi connectivity index (χ0v) is 16.7. The third-order valence-electron chi connectivity index (χ3n) is 6.70. The number of aliphatic hydroxyl groups is 1. The first-order valence-electron chi connectivity index (χ1n) is 8.97. The molecule has 1 aromatic rings. The van der Waals surface area contributed by atoms with Crippen LogP contribution in [0.15, 0.2) is 6.07 Å². The third kappa shape index (κ3) is 2.62. The monoisotopic (exact) mass is 384 g/mol. The van der Waals surface area contributed by atoms with Gasteiger partial charge in [-0.3, -0.25) is 4.79 Å². The summed E-state index contributed by atoms with van der Waals surface area (Å²) in [5.74, 6) is -0.778. The molecular weight excluding hydrogens is 359 g/mol. The van der Waals surface area contributed by atoms with Crippen molar-refractivity contribution in [3.05, 3.63) is 32.8 Å². The molecule has 2 aliphatic carbocycles. The maximum atomic E-state index is 12.0. The summed E-state index contributed by atoms with van der Waals surface area (Å²) in [6, 6.07) is 1.93. The summed E-state index contributed by atoms with van der Waals surface area (Å²) in [5.41, 5.74) is 1.36. The number of aliphatic hydroxyl groups excluding tert-OH is 1. The zero-order chi connectivity index (χ0) is 18.7. The molecule has 0 heterocycles. The molecule has 0 unspecified atom stereocenters. The van der Waals surface area contributed by atoms with E-state index >= 15 is 0 Å². The number of fused-ring (bicyclic) bond motifs is 3. The molecule has 138 valence electrons. The molecule has 0 aliphatic heterocycles. The van der Waals surface area contributed by atoms with Gasteiger partial charge in [-0.15, -0.1) is 0 Å². The van der Waals surface area contributed by atoms with Crippen LogP contribution in [0.4, 0.5) is 0 Å². The van der Waals surface area contributed by atoms with Gasteiger partial charge in [-0.1, -0.05) is 50.4 Å². The lowest BCUT2D eigenvalue weighted by Gasteiger charge is -2.54. The normalized spacial score (nSPS) is 34.6. The van der Waals surface area contributed by atoms with Crippen molar-refractivity contribution in [3.8, 4) is 0 Å². The van der Waals surface area contributed by atoms with Crippen LogP contribution in [0.2, 0.25) is 10.0 Å². The highest BCUT2D eigenvalue weighted by Crippen LogP contribution is 2.61. The molecule has 2 N–H and O–H groups in total. The van der Waals surface area contributed by atoms with Gasteiger partial charge in [-0.25, -0.2) is 0 Å². The van der Waals surface area contributed by atoms with Crippen LogP contribution in [0, 0.1) is 11.3 Å². The van der Waals surface area contributed by atoms with E-state index in [0.29, 0.717) is 22.9 Å². The minimum Gasteiger partial charge on any atom is -0.481 e. The number of carboxylic acid groups (broad SMARTS) is 1. The van der Waals surface area contributed by atoms with Crippen molar-refractivity contribution < 1.29 is 15.0 Å². The molecule has 5 heteroatoms. The minimum absolute atomic E-state index is 0.147. The fourth-order valence-corrected chi connectivity index (χ4v) is 6.31. The number of halogens is 2. The Morgan fingerprint density at radius 2 is 1.92 bits per heavy atom. The predicted molar refractivity (Wildman–Crippen MR) is 101 cm³/mol. The summed E-state index contributed by atoms with van der Waals surface area (Å²) in [4.78, 5) is 12.0. The van der Waals surface area contributed by atoms with Crippen LogP contribution >= 0.6 is 23.2 Å². The van der Waals surface area contributed by atoms with E-state index in [1.54, 1.807) is 0 Å². The number of aliphatic carboxylic acids is 1. The molecule has 1 saturated carbocycles. The molecule has 3 rings (SSSR count).